The molecule has 1 aromatic heterocycles. The van der Waals surface area contributed by atoms with Crippen molar-refractivity contribution in [3.05, 3.63) is 99.5 Å². The molecule has 0 aliphatic carbocycles. The zero-order valence-electron chi connectivity index (χ0n) is 17.8. The fourth-order valence-corrected chi connectivity index (χ4v) is 3.53. The van der Waals surface area contributed by atoms with Gasteiger partial charge in [-0.2, -0.15) is 0 Å². The third-order valence-corrected chi connectivity index (χ3v) is 5.50. The second kappa shape index (κ2) is 10.2. The van der Waals surface area contributed by atoms with Crippen LogP contribution >= 0.6 is 11.3 Å². The van der Waals surface area contributed by atoms with Crippen molar-refractivity contribution in [2.75, 3.05) is 10.6 Å². The number of hydrogen-bond donors (Lipinski definition) is 2. The lowest BCUT2D eigenvalue weighted by Gasteiger charge is -2.08. The summed E-state index contributed by atoms with van der Waals surface area (Å²) in [7, 11) is 0. The van der Waals surface area contributed by atoms with Gasteiger partial charge in [0.25, 0.3) is 11.8 Å². The number of carbonyl (C=O) groups excluding carboxylic acids is 2. The summed E-state index contributed by atoms with van der Waals surface area (Å²) in [4.78, 5) is 25.0. The summed E-state index contributed by atoms with van der Waals surface area (Å²) in [5, 5.41) is 13.7. The van der Waals surface area contributed by atoms with E-state index in [1.54, 1.807) is 12.1 Å². The van der Waals surface area contributed by atoms with Gasteiger partial charge in [-0.15, -0.1) is 10.2 Å². The second-order valence-corrected chi connectivity index (χ2v) is 8.28. The summed E-state index contributed by atoms with van der Waals surface area (Å²) < 4.78 is 32.1. The predicted octanol–water partition coefficient (Wildman–Crippen LogP) is 5.21. The van der Waals surface area contributed by atoms with E-state index >= 15 is 0 Å². The van der Waals surface area contributed by atoms with Gasteiger partial charge in [-0.3, -0.25) is 9.59 Å². The van der Waals surface area contributed by atoms with E-state index in [1.165, 1.54) is 18.2 Å². The fourth-order valence-electron chi connectivity index (χ4n) is 2.88. The van der Waals surface area contributed by atoms with E-state index < -0.39 is 23.4 Å². The number of carbonyl (C=O) groups is 2. The Morgan fingerprint density at radius 2 is 1.62 bits per heavy atom. The van der Waals surface area contributed by atoms with Gasteiger partial charge in [0.2, 0.25) is 5.01 Å². The van der Waals surface area contributed by atoms with E-state index in [1.807, 2.05) is 31.2 Å². The zero-order valence-corrected chi connectivity index (χ0v) is 18.7. The van der Waals surface area contributed by atoms with Crippen molar-refractivity contribution < 1.29 is 23.1 Å². The van der Waals surface area contributed by atoms with Crippen LogP contribution in [0, 0.1) is 18.6 Å². The van der Waals surface area contributed by atoms with Gasteiger partial charge in [0.05, 0.1) is 0 Å². The van der Waals surface area contributed by atoms with E-state index in [9.17, 15) is 18.4 Å². The number of benzene rings is 3. The van der Waals surface area contributed by atoms with Gasteiger partial charge < -0.3 is 15.4 Å². The molecule has 34 heavy (non-hydrogen) atoms. The lowest BCUT2D eigenvalue weighted by Crippen LogP contribution is -2.14. The average Bonchev–Trinajstić information content (AvgIpc) is 3.31. The van der Waals surface area contributed by atoms with Crippen molar-refractivity contribution in [2.24, 2.45) is 0 Å². The number of hydrogen-bond acceptors (Lipinski definition) is 6. The highest BCUT2D eigenvalue weighted by Crippen LogP contribution is 2.19. The topological polar surface area (TPSA) is 93.2 Å². The number of halogens is 2. The SMILES string of the molecule is Cc1ccc(OCc2nnc(C(=O)Nc3cccc(C(=O)Nc4ccc(F)c(F)c4)c3)s2)cc1. The van der Waals surface area contributed by atoms with Crippen LogP contribution in [0.1, 0.15) is 30.7 Å². The van der Waals surface area contributed by atoms with E-state index in [4.69, 9.17) is 4.74 Å². The molecule has 0 aliphatic heterocycles. The third-order valence-electron chi connectivity index (χ3n) is 4.60. The Morgan fingerprint density at radius 3 is 2.38 bits per heavy atom. The van der Waals surface area contributed by atoms with Crippen LogP contribution < -0.4 is 15.4 Å². The molecular formula is C24H18F2N4O3S. The molecule has 0 bridgehead atoms. The summed E-state index contributed by atoms with van der Waals surface area (Å²) in [6.07, 6.45) is 0. The minimum Gasteiger partial charge on any atom is -0.486 e. The van der Waals surface area contributed by atoms with Crippen molar-refractivity contribution >= 4 is 34.5 Å². The normalized spacial score (nSPS) is 10.6. The molecule has 0 spiro atoms. The monoisotopic (exact) mass is 480 g/mol. The van der Waals surface area contributed by atoms with Crippen molar-refractivity contribution in [3.63, 3.8) is 0 Å². The molecule has 0 atom stereocenters. The van der Waals surface area contributed by atoms with E-state index in [2.05, 4.69) is 20.8 Å². The third kappa shape index (κ3) is 5.78. The smallest absolute Gasteiger partial charge is 0.286 e. The number of anilines is 2. The van der Waals surface area contributed by atoms with E-state index in [-0.39, 0.29) is 22.9 Å². The molecule has 7 nitrogen and oxygen atoms in total. The first-order chi connectivity index (χ1) is 16.4. The molecule has 4 aromatic rings. The average molecular weight is 480 g/mol. The lowest BCUT2D eigenvalue weighted by atomic mass is 10.1. The van der Waals surface area contributed by atoms with Crippen LogP contribution in [0.2, 0.25) is 0 Å². The molecule has 4 rings (SSSR count). The number of aryl methyl sites for hydroxylation is 1. The van der Waals surface area contributed by atoms with Crippen molar-refractivity contribution in [3.8, 4) is 5.75 Å². The largest absolute Gasteiger partial charge is 0.486 e. The number of ether oxygens (including phenoxy) is 1. The van der Waals surface area contributed by atoms with Crippen LogP contribution in [-0.2, 0) is 6.61 Å². The maximum Gasteiger partial charge on any atom is 0.286 e. The second-order valence-electron chi connectivity index (χ2n) is 7.22. The first kappa shape index (κ1) is 23.0. The van der Waals surface area contributed by atoms with Gasteiger partial charge in [-0.25, -0.2) is 8.78 Å². The van der Waals surface area contributed by atoms with Crippen LogP contribution in [0.4, 0.5) is 20.2 Å². The maximum atomic E-state index is 13.4. The molecule has 0 saturated carbocycles. The molecule has 2 N–H and O–H groups in total. The number of aromatic nitrogens is 2. The van der Waals surface area contributed by atoms with Crippen LogP contribution in [0.15, 0.2) is 66.7 Å². The fraction of sp³-hybridized carbons (Fsp3) is 0.0833. The molecule has 0 radical (unpaired) electrons. The molecule has 0 unspecified atom stereocenters. The standard InChI is InChI=1S/C24H18F2N4O3S/c1-14-5-8-18(9-6-14)33-13-21-29-30-24(34-21)23(32)28-16-4-2-3-15(11-16)22(31)27-17-7-10-19(25)20(26)12-17/h2-12H,13H2,1H3,(H,27,31)(H,28,32). The predicted molar refractivity (Wildman–Crippen MR) is 124 cm³/mol. The van der Waals surface area contributed by atoms with Crippen molar-refractivity contribution in [1.29, 1.82) is 0 Å². The molecule has 0 fully saturated rings. The Kier molecular flexibility index (Phi) is 6.88. The van der Waals surface area contributed by atoms with Gasteiger partial charge in [0.1, 0.15) is 12.4 Å². The molecule has 172 valence electrons. The Balaban J connectivity index is 1.37. The Labute approximate surface area is 197 Å². The minimum absolute atomic E-state index is 0.104. The van der Waals surface area contributed by atoms with Gasteiger partial charge in [0, 0.05) is 23.0 Å². The molecule has 0 saturated heterocycles. The summed E-state index contributed by atoms with van der Waals surface area (Å²) >= 11 is 1.09. The lowest BCUT2D eigenvalue weighted by molar-refractivity contribution is 0.101. The van der Waals surface area contributed by atoms with Crippen LogP contribution in [0.3, 0.4) is 0 Å². The number of amides is 2. The van der Waals surface area contributed by atoms with E-state index in [0.29, 0.717) is 16.4 Å². The highest BCUT2D eigenvalue weighted by molar-refractivity contribution is 7.13. The molecule has 10 heteroatoms. The number of rotatable bonds is 7. The highest BCUT2D eigenvalue weighted by Gasteiger charge is 2.15. The summed E-state index contributed by atoms with van der Waals surface area (Å²) in [5.74, 6) is -2.43. The summed E-state index contributed by atoms with van der Waals surface area (Å²) in [5.41, 5.74) is 1.79. The maximum absolute atomic E-state index is 13.4. The van der Waals surface area contributed by atoms with Gasteiger partial charge >= 0.3 is 0 Å². The summed E-state index contributed by atoms with van der Waals surface area (Å²) in [6, 6.07) is 16.8. The number of nitrogens with zero attached hydrogens (tertiary/aromatic N) is 2. The van der Waals surface area contributed by atoms with Crippen LogP contribution in [0.25, 0.3) is 0 Å². The summed E-state index contributed by atoms with van der Waals surface area (Å²) in [6.45, 7) is 2.15. The Hall–Kier alpha value is -4.18. The number of nitrogens with one attached hydrogen (secondary N) is 2. The molecule has 2 amide bonds. The molecule has 0 aliphatic rings. The van der Waals surface area contributed by atoms with E-state index in [0.717, 1.165) is 29.0 Å². The first-order valence-electron chi connectivity index (χ1n) is 10.1. The zero-order chi connectivity index (χ0) is 24.1. The quantitative estimate of drug-likeness (QED) is 0.379. The first-order valence-corrected chi connectivity index (χ1v) is 10.9. The van der Waals surface area contributed by atoms with Crippen molar-refractivity contribution in [2.45, 2.75) is 13.5 Å². The Bertz CT molecular complexity index is 1340. The van der Waals surface area contributed by atoms with Crippen LogP contribution in [-0.4, -0.2) is 22.0 Å². The Morgan fingerprint density at radius 1 is 0.882 bits per heavy atom. The molecule has 3 aromatic carbocycles. The van der Waals surface area contributed by atoms with Crippen molar-refractivity contribution in [1.82, 2.24) is 10.2 Å². The van der Waals surface area contributed by atoms with Gasteiger partial charge in [-0.05, 0) is 49.4 Å². The highest BCUT2D eigenvalue weighted by atomic mass is 32.1. The molecule has 1 heterocycles. The van der Waals surface area contributed by atoms with Gasteiger partial charge in [0.15, 0.2) is 16.6 Å². The van der Waals surface area contributed by atoms with Crippen LogP contribution in [0.5, 0.6) is 5.75 Å². The van der Waals surface area contributed by atoms with Gasteiger partial charge in [-0.1, -0.05) is 35.1 Å². The molecular weight excluding hydrogens is 462 g/mol. The minimum atomic E-state index is -1.07.